The lowest BCUT2D eigenvalue weighted by molar-refractivity contribution is 0.425. The largest absolute Gasteiger partial charge is 0.490 e. The van der Waals surface area contributed by atoms with Crippen LogP contribution in [0.3, 0.4) is 0 Å². The van der Waals surface area contributed by atoms with E-state index in [0.717, 1.165) is 0 Å². The van der Waals surface area contributed by atoms with Crippen LogP contribution in [0.2, 0.25) is 5.02 Å². The van der Waals surface area contributed by atoms with Gasteiger partial charge in [-0.15, -0.1) is 5.10 Å². The van der Waals surface area contributed by atoms with Crippen LogP contribution in [-0.2, 0) is 0 Å². The molecule has 1 aromatic carbocycles. The monoisotopic (exact) mass is 224 g/mol. The standard InChI is InChI=1S/C7H6BClN4O2/c9-5-1-2-7(6(3-5)8(14)15)13-4-10-11-12-13/h1-4,14-15H. The van der Waals surface area contributed by atoms with Crippen molar-refractivity contribution < 1.29 is 10.0 Å². The van der Waals surface area contributed by atoms with Crippen LogP contribution in [0.25, 0.3) is 5.69 Å². The van der Waals surface area contributed by atoms with Crippen molar-refractivity contribution in [1.82, 2.24) is 20.2 Å². The van der Waals surface area contributed by atoms with E-state index in [4.69, 9.17) is 21.6 Å². The van der Waals surface area contributed by atoms with E-state index in [1.807, 2.05) is 0 Å². The van der Waals surface area contributed by atoms with Crippen LogP contribution in [0.4, 0.5) is 0 Å². The first-order chi connectivity index (χ1) is 7.18. The molecule has 8 heteroatoms. The SMILES string of the molecule is OB(O)c1cc(Cl)ccc1-n1cnnn1. The molecule has 0 aliphatic rings. The first-order valence-electron chi connectivity index (χ1n) is 4.07. The van der Waals surface area contributed by atoms with E-state index in [0.29, 0.717) is 10.7 Å². The zero-order chi connectivity index (χ0) is 10.8. The molecule has 0 fully saturated rings. The Hall–Kier alpha value is -1.44. The van der Waals surface area contributed by atoms with Gasteiger partial charge in [0.15, 0.2) is 0 Å². The van der Waals surface area contributed by atoms with Gasteiger partial charge >= 0.3 is 7.12 Å². The van der Waals surface area contributed by atoms with Gasteiger partial charge in [-0.3, -0.25) is 0 Å². The summed E-state index contributed by atoms with van der Waals surface area (Å²) in [6, 6.07) is 4.67. The molecule has 1 heterocycles. The molecule has 2 N–H and O–H groups in total. The van der Waals surface area contributed by atoms with E-state index >= 15 is 0 Å². The molecular formula is C7H6BClN4O2. The predicted molar refractivity (Wildman–Crippen MR) is 54.0 cm³/mol. The maximum absolute atomic E-state index is 9.14. The normalized spacial score (nSPS) is 10.3. The Bertz CT molecular complexity index is 462. The molecule has 76 valence electrons. The summed E-state index contributed by atoms with van der Waals surface area (Å²) in [6.45, 7) is 0. The maximum Gasteiger partial charge on any atom is 0.490 e. The third-order valence-electron chi connectivity index (χ3n) is 1.86. The molecule has 2 rings (SSSR count). The number of aromatic nitrogens is 4. The Labute approximate surface area is 90.3 Å². The van der Waals surface area contributed by atoms with Crippen molar-refractivity contribution in [2.75, 3.05) is 0 Å². The highest BCUT2D eigenvalue weighted by Crippen LogP contribution is 2.10. The summed E-state index contributed by atoms with van der Waals surface area (Å²) < 4.78 is 1.32. The van der Waals surface area contributed by atoms with Gasteiger partial charge in [-0.05, 0) is 28.6 Å². The number of nitrogens with zero attached hydrogens (tertiary/aromatic N) is 4. The fourth-order valence-electron chi connectivity index (χ4n) is 1.21. The van der Waals surface area contributed by atoms with Crippen LogP contribution in [0.5, 0.6) is 0 Å². The highest BCUT2D eigenvalue weighted by molar-refractivity contribution is 6.60. The van der Waals surface area contributed by atoms with Crippen LogP contribution >= 0.6 is 11.6 Å². The third kappa shape index (κ3) is 1.99. The fourth-order valence-corrected chi connectivity index (χ4v) is 1.39. The summed E-state index contributed by atoms with van der Waals surface area (Å²) in [7, 11) is -1.62. The van der Waals surface area contributed by atoms with Crippen molar-refractivity contribution in [2.45, 2.75) is 0 Å². The highest BCUT2D eigenvalue weighted by Gasteiger charge is 2.18. The van der Waals surface area contributed by atoms with Crippen LogP contribution in [0.1, 0.15) is 0 Å². The Balaban J connectivity index is 2.56. The Morgan fingerprint density at radius 1 is 1.33 bits per heavy atom. The van der Waals surface area contributed by atoms with Gasteiger partial charge in [0.1, 0.15) is 6.33 Å². The van der Waals surface area contributed by atoms with Gasteiger partial charge in [0, 0.05) is 10.5 Å². The van der Waals surface area contributed by atoms with E-state index in [2.05, 4.69) is 15.5 Å². The molecule has 15 heavy (non-hydrogen) atoms. The summed E-state index contributed by atoms with van der Waals surface area (Å²) in [5, 5.41) is 29.3. The van der Waals surface area contributed by atoms with Crippen molar-refractivity contribution in [2.24, 2.45) is 0 Å². The van der Waals surface area contributed by atoms with Gasteiger partial charge < -0.3 is 10.0 Å². The summed E-state index contributed by atoms with van der Waals surface area (Å²) in [5.74, 6) is 0. The maximum atomic E-state index is 9.14. The molecule has 0 atom stereocenters. The van der Waals surface area contributed by atoms with E-state index in [1.54, 1.807) is 12.1 Å². The molecule has 0 saturated heterocycles. The second-order valence-corrected chi connectivity index (χ2v) is 3.27. The molecule has 0 saturated carbocycles. The number of hydrogen-bond donors (Lipinski definition) is 2. The highest BCUT2D eigenvalue weighted by atomic mass is 35.5. The third-order valence-corrected chi connectivity index (χ3v) is 2.10. The average Bonchev–Trinajstić information content (AvgIpc) is 2.70. The van der Waals surface area contributed by atoms with Crippen molar-refractivity contribution in [3.8, 4) is 5.69 Å². The Morgan fingerprint density at radius 3 is 2.73 bits per heavy atom. The predicted octanol–water partition coefficient (Wildman–Crippen LogP) is -1.00. The van der Waals surface area contributed by atoms with Crippen LogP contribution in [0.15, 0.2) is 24.5 Å². The minimum Gasteiger partial charge on any atom is -0.423 e. The lowest BCUT2D eigenvalue weighted by Crippen LogP contribution is -2.33. The molecule has 0 aliphatic heterocycles. The van der Waals surface area contributed by atoms with Gasteiger partial charge in [0.25, 0.3) is 0 Å². The molecule has 2 aromatic rings. The number of tetrazole rings is 1. The van der Waals surface area contributed by atoms with Crippen molar-refractivity contribution in [1.29, 1.82) is 0 Å². The smallest absolute Gasteiger partial charge is 0.423 e. The van der Waals surface area contributed by atoms with Crippen molar-refractivity contribution >= 4 is 24.2 Å². The van der Waals surface area contributed by atoms with Crippen molar-refractivity contribution in [3.63, 3.8) is 0 Å². The summed E-state index contributed by atoms with van der Waals surface area (Å²) in [6.07, 6.45) is 1.36. The van der Waals surface area contributed by atoms with E-state index < -0.39 is 7.12 Å². The molecule has 0 aliphatic carbocycles. The number of rotatable bonds is 2. The zero-order valence-electron chi connectivity index (χ0n) is 7.45. The molecule has 0 bridgehead atoms. The molecule has 1 aromatic heterocycles. The van der Waals surface area contributed by atoms with Crippen LogP contribution in [-0.4, -0.2) is 37.4 Å². The fraction of sp³-hybridized carbons (Fsp3) is 0. The summed E-state index contributed by atoms with van der Waals surface area (Å²) in [4.78, 5) is 0. The van der Waals surface area contributed by atoms with E-state index in [9.17, 15) is 0 Å². The van der Waals surface area contributed by atoms with E-state index in [-0.39, 0.29) is 5.46 Å². The first-order valence-corrected chi connectivity index (χ1v) is 4.45. The molecule has 0 spiro atoms. The van der Waals surface area contributed by atoms with Gasteiger partial charge in [-0.2, -0.15) is 0 Å². The topological polar surface area (TPSA) is 84.1 Å². The first kappa shape index (κ1) is 10.1. The van der Waals surface area contributed by atoms with Crippen molar-refractivity contribution in [3.05, 3.63) is 29.5 Å². The molecular weight excluding hydrogens is 218 g/mol. The quantitative estimate of drug-likeness (QED) is 0.639. The minimum atomic E-state index is -1.62. The molecule has 0 unspecified atom stereocenters. The van der Waals surface area contributed by atoms with Gasteiger partial charge in [-0.1, -0.05) is 11.6 Å². The second-order valence-electron chi connectivity index (χ2n) is 2.83. The minimum absolute atomic E-state index is 0.245. The number of halogens is 1. The molecule has 0 amide bonds. The van der Waals surface area contributed by atoms with Gasteiger partial charge in [0.05, 0.1) is 5.69 Å². The number of benzene rings is 1. The lowest BCUT2D eigenvalue weighted by Gasteiger charge is -2.07. The molecule has 0 radical (unpaired) electrons. The second kappa shape index (κ2) is 3.97. The van der Waals surface area contributed by atoms with Crippen LogP contribution in [0, 0.1) is 0 Å². The Kier molecular flexibility index (Phi) is 2.67. The van der Waals surface area contributed by atoms with Gasteiger partial charge in [-0.25, -0.2) is 4.68 Å². The lowest BCUT2D eigenvalue weighted by atomic mass is 9.79. The van der Waals surface area contributed by atoms with Gasteiger partial charge in [0.2, 0.25) is 0 Å². The van der Waals surface area contributed by atoms with E-state index in [1.165, 1.54) is 17.1 Å². The summed E-state index contributed by atoms with van der Waals surface area (Å²) in [5.41, 5.74) is 0.717. The molecule has 6 nitrogen and oxygen atoms in total. The average molecular weight is 224 g/mol. The summed E-state index contributed by atoms with van der Waals surface area (Å²) >= 11 is 5.74. The number of hydrogen-bond acceptors (Lipinski definition) is 5. The van der Waals surface area contributed by atoms with Crippen LogP contribution < -0.4 is 5.46 Å². The Morgan fingerprint density at radius 2 is 2.13 bits per heavy atom. The zero-order valence-corrected chi connectivity index (χ0v) is 8.20.